The zero-order valence-corrected chi connectivity index (χ0v) is 13.6. The van der Waals surface area contributed by atoms with Crippen LogP contribution in [0.5, 0.6) is 0 Å². The van der Waals surface area contributed by atoms with Crippen LogP contribution >= 0.6 is 11.6 Å². The predicted molar refractivity (Wildman–Crippen MR) is 81.5 cm³/mol. The number of nitrogens with zero attached hydrogens (tertiary/aromatic N) is 1. The van der Waals surface area contributed by atoms with Gasteiger partial charge in [-0.05, 0) is 44.5 Å². The highest BCUT2D eigenvalue weighted by Gasteiger charge is 2.33. The van der Waals surface area contributed by atoms with Crippen LogP contribution in [-0.2, 0) is 10.0 Å². The largest absolute Gasteiger partial charge is 0.317 e. The molecule has 0 spiro atoms. The third kappa shape index (κ3) is 3.56. The second-order valence-electron chi connectivity index (χ2n) is 5.15. The minimum absolute atomic E-state index is 0.0884. The Morgan fingerprint density at radius 3 is 2.67 bits per heavy atom. The topological polar surface area (TPSA) is 49.4 Å². The molecule has 0 radical (unpaired) electrons. The van der Waals surface area contributed by atoms with E-state index in [4.69, 9.17) is 11.6 Å². The summed E-state index contributed by atoms with van der Waals surface area (Å²) in [6, 6.07) is 4.00. The minimum Gasteiger partial charge on any atom is -0.317 e. The molecular formula is C14H20ClFN2O2S. The van der Waals surface area contributed by atoms with Crippen LogP contribution in [0.2, 0.25) is 5.02 Å². The molecule has 1 N–H and O–H groups in total. The highest BCUT2D eigenvalue weighted by atomic mass is 35.5. The van der Waals surface area contributed by atoms with Gasteiger partial charge in [-0.15, -0.1) is 0 Å². The zero-order valence-electron chi connectivity index (χ0n) is 12.0. The quantitative estimate of drug-likeness (QED) is 0.900. The normalized spacial score (nSPS) is 17.3. The zero-order chi connectivity index (χ0) is 15.5. The highest BCUT2D eigenvalue weighted by Crippen LogP contribution is 2.28. The second kappa shape index (κ2) is 7.05. The van der Waals surface area contributed by atoms with Crippen LogP contribution in [-0.4, -0.2) is 38.4 Å². The first kappa shape index (κ1) is 16.7. The van der Waals surface area contributed by atoms with E-state index in [1.165, 1.54) is 22.5 Å². The maximum atomic E-state index is 14.1. The van der Waals surface area contributed by atoms with E-state index in [9.17, 15) is 12.8 Å². The van der Waals surface area contributed by atoms with Gasteiger partial charge in [-0.3, -0.25) is 0 Å². The second-order valence-corrected chi connectivity index (χ2v) is 7.42. The van der Waals surface area contributed by atoms with Gasteiger partial charge in [0.1, 0.15) is 4.90 Å². The summed E-state index contributed by atoms with van der Waals surface area (Å²) < 4.78 is 41.2. The Morgan fingerprint density at radius 1 is 1.38 bits per heavy atom. The summed E-state index contributed by atoms with van der Waals surface area (Å²) in [5, 5.41) is 3.04. The lowest BCUT2D eigenvalue weighted by molar-refractivity contribution is 0.261. The van der Waals surface area contributed by atoms with E-state index < -0.39 is 15.8 Å². The van der Waals surface area contributed by atoms with Gasteiger partial charge in [0, 0.05) is 12.6 Å². The Kier molecular flexibility index (Phi) is 5.60. The van der Waals surface area contributed by atoms with Gasteiger partial charge in [-0.25, -0.2) is 12.8 Å². The monoisotopic (exact) mass is 334 g/mol. The Bertz CT molecular complexity index is 589. The Morgan fingerprint density at radius 2 is 2.05 bits per heavy atom. The molecule has 118 valence electrons. The fourth-order valence-electron chi connectivity index (χ4n) is 2.62. The molecule has 0 bridgehead atoms. The standard InChI is InChI=1S/C14H20ClFN2O2S/c1-2-10-18(11-6-8-17-9-7-11)21(19,20)13-5-3-4-12(15)14(13)16/h3-5,11,17H,2,6-10H2,1H3. The van der Waals surface area contributed by atoms with Gasteiger partial charge in [0.2, 0.25) is 10.0 Å². The van der Waals surface area contributed by atoms with Crippen LogP contribution in [0.15, 0.2) is 23.1 Å². The minimum atomic E-state index is -3.87. The van der Waals surface area contributed by atoms with Crippen molar-refractivity contribution in [2.45, 2.75) is 37.1 Å². The van der Waals surface area contributed by atoms with Gasteiger partial charge in [-0.1, -0.05) is 24.6 Å². The molecule has 0 atom stereocenters. The van der Waals surface area contributed by atoms with E-state index in [1.807, 2.05) is 6.92 Å². The molecule has 1 aliphatic heterocycles. The molecule has 0 unspecified atom stereocenters. The summed E-state index contributed by atoms with van der Waals surface area (Å²) >= 11 is 5.72. The first-order valence-electron chi connectivity index (χ1n) is 7.15. The first-order chi connectivity index (χ1) is 9.98. The molecule has 2 rings (SSSR count). The molecule has 1 heterocycles. The number of sulfonamides is 1. The van der Waals surface area contributed by atoms with Crippen molar-refractivity contribution in [1.29, 1.82) is 0 Å². The van der Waals surface area contributed by atoms with E-state index >= 15 is 0 Å². The van der Waals surface area contributed by atoms with Crippen LogP contribution in [0.4, 0.5) is 4.39 Å². The third-order valence-corrected chi connectivity index (χ3v) is 5.92. The fraction of sp³-hybridized carbons (Fsp3) is 0.571. The summed E-state index contributed by atoms with van der Waals surface area (Å²) in [6.45, 7) is 3.85. The van der Waals surface area contributed by atoms with Crippen LogP contribution in [0, 0.1) is 5.82 Å². The van der Waals surface area contributed by atoms with E-state index in [-0.39, 0.29) is 16.0 Å². The van der Waals surface area contributed by atoms with Gasteiger partial charge in [0.25, 0.3) is 0 Å². The average Bonchev–Trinajstić information content (AvgIpc) is 2.48. The maximum Gasteiger partial charge on any atom is 0.246 e. The van der Waals surface area contributed by atoms with E-state index in [0.717, 1.165) is 25.9 Å². The lowest BCUT2D eigenvalue weighted by Crippen LogP contribution is -2.46. The summed E-state index contributed by atoms with van der Waals surface area (Å²) in [4.78, 5) is -0.331. The molecule has 1 aromatic carbocycles. The molecule has 21 heavy (non-hydrogen) atoms. The van der Waals surface area contributed by atoms with Crippen molar-refractivity contribution in [3.05, 3.63) is 29.0 Å². The smallest absolute Gasteiger partial charge is 0.246 e. The van der Waals surface area contributed by atoms with E-state index in [1.54, 1.807) is 0 Å². The number of piperidine rings is 1. The Balaban J connectivity index is 2.39. The van der Waals surface area contributed by atoms with Crippen LogP contribution in [0.1, 0.15) is 26.2 Å². The molecule has 7 heteroatoms. The fourth-order valence-corrected chi connectivity index (χ4v) is 4.72. The number of nitrogens with one attached hydrogen (secondary N) is 1. The van der Waals surface area contributed by atoms with Gasteiger partial charge < -0.3 is 5.32 Å². The van der Waals surface area contributed by atoms with Crippen molar-refractivity contribution in [1.82, 2.24) is 9.62 Å². The van der Waals surface area contributed by atoms with Crippen LogP contribution < -0.4 is 5.32 Å². The number of hydrogen-bond acceptors (Lipinski definition) is 3. The van der Waals surface area contributed by atoms with Gasteiger partial charge >= 0.3 is 0 Å². The molecule has 1 fully saturated rings. The lowest BCUT2D eigenvalue weighted by Gasteiger charge is -2.33. The Labute approximate surface area is 130 Å². The third-order valence-electron chi connectivity index (χ3n) is 3.66. The van der Waals surface area contributed by atoms with Crippen molar-refractivity contribution in [2.24, 2.45) is 0 Å². The molecule has 1 aliphatic rings. The van der Waals surface area contributed by atoms with E-state index in [0.29, 0.717) is 13.0 Å². The predicted octanol–water partition coefficient (Wildman–Crippen LogP) is 2.63. The van der Waals surface area contributed by atoms with Crippen molar-refractivity contribution >= 4 is 21.6 Å². The summed E-state index contributed by atoms with van der Waals surface area (Å²) in [5.41, 5.74) is 0. The molecular weight excluding hydrogens is 315 g/mol. The SMILES string of the molecule is CCCN(C1CCNCC1)S(=O)(=O)c1cccc(Cl)c1F. The molecule has 1 saturated heterocycles. The summed E-state index contributed by atoms with van der Waals surface area (Å²) in [7, 11) is -3.87. The maximum absolute atomic E-state index is 14.1. The highest BCUT2D eigenvalue weighted by molar-refractivity contribution is 7.89. The van der Waals surface area contributed by atoms with Crippen LogP contribution in [0.25, 0.3) is 0 Å². The average molecular weight is 335 g/mol. The Hall–Kier alpha value is -0.690. The van der Waals surface area contributed by atoms with E-state index in [2.05, 4.69) is 5.32 Å². The molecule has 4 nitrogen and oxygen atoms in total. The van der Waals surface area contributed by atoms with Crippen LogP contribution in [0.3, 0.4) is 0 Å². The first-order valence-corrected chi connectivity index (χ1v) is 8.97. The number of rotatable bonds is 5. The number of halogens is 2. The van der Waals surface area contributed by atoms with Crippen molar-refractivity contribution < 1.29 is 12.8 Å². The van der Waals surface area contributed by atoms with Gasteiger partial charge in [0.15, 0.2) is 5.82 Å². The summed E-state index contributed by atoms with van der Waals surface area (Å²) in [6.07, 6.45) is 2.16. The van der Waals surface area contributed by atoms with Gasteiger partial charge in [0.05, 0.1) is 5.02 Å². The molecule has 0 aromatic heterocycles. The molecule has 1 aromatic rings. The number of hydrogen-bond donors (Lipinski definition) is 1. The number of benzene rings is 1. The lowest BCUT2D eigenvalue weighted by atomic mass is 10.1. The van der Waals surface area contributed by atoms with Crippen molar-refractivity contribution in [3.8, 4) is 0 Å². The van der Waals surface area contributed by atoms with Gasteiger partial charge in [-0.2, -0.15) is 4.31 Å². The molecule has 0 saturated carbocycles. The van der Waals surface area contributed by atoms with Crippen molar-refractivity contribution in [2.75, 3.05) is 19.6 Å². The molecule has 0 amide bonds. The summed E-state index contributed by atoms with van der Waals surface area (Å²) in [5.74, 6) is -0.866. The van der Waals surface area contributed by atoms with Crippen molar-refractivity contribution in [3.63, 3.8) is 0 Å². The molecule has 0 aliphatic carbocycles.